The Balaban J connectivity index is -0.000000980. The van der Waals surface area contributed by atoms with Gasteiger partial charge in [-0.15, -0.1) is 0 Å². The van der Waals surface area contributed by atoms with Crippen molar-refractivity contribution in [1.82, 2.24) is 0 Å². The van der Waals surface area contributed by atoms with Crippen molar-refractivity contribution in [1.29, 1.82) is 0 Å². The van der Waals surface area contributed by atoms with E-state index < -0.39 is 0 Å². The Kier molecular flexibility index (Phi) is 33.6. The molecule has 0 radical (unpaired) electrons. The van der Waals surface area contributed by atoms with Crippen LogP contribution in [0, 0.1) is 0 Å². The quantitative estimate of drug-likeness (QED) is 0.107. The first-order chi connectivity index (χ1) is 13.4. The molecule has 0 aliphatic heterocycles. The fraction of sp³-hybridized carbons (Fsp3) is 0.600. The summed E-state index contributed by atoms with van der Waals surface area (Å²) in [6.07, 6.45) is 4.20. The lowest BCUT2D eigenvalue weighted by Gasteiger charge is -2.07. The summed E-state index contributed by atoms with van der Waals surface area (Å²) in [7, 11) is 8.73. The summed E-state index contributed by atoms with van der Waals surface area (Å²) in [6.45, 7) is 5.87. The van der Waals surface area contributed by atoms with Crippen molar-refractivity contribution in [3.63, 3.8) is 0 Å². The molecule has 0 aliphatic carbocycles. The Morgan fingerprint density at radius 2 is 1.12 bits per heavy atom. The number of amidine groups is 2. The van der Waals surface area contributed by atoms with Crippen LogP contribution in [0.2, 0.25) is 0 Å². The predicted octanol–water partition coefficient (Wildman–Crippen LogP) is -14.4. The Morgan fingerprint density at radius 3 is 1.44 bits per heavy atom. The van der Waals surface area contributed by atoms with Crippen LogP contribution in [-0.4, -0.2) is 77.2 Å². The maximum Gasteiger partial charge on any atom is 0.255 e. The molecule has 0 aliphatic rings. The van der Waals surface area contributed by atoms with E-state index >= 15 is 0 Å². The van der Waals surface area contributed by atoms with Gasteiger partial charge in [-0.3, -0.25) is 10.6 Å². The molecule has 0 bridgehead atoms. The maximum absolute atomic E-state index is 4.79. The predicted molar refractivity (Wildman–Crippen MR) is 125 cm³/mol. The molecule has 0 spiro atoms. The lowest BCUT2D eigenvalue weighted by molar-refractivity contribution is -0.868. The van der Waals surface area contributed by atoms with Gasteiger partial charge in [-0.1, -0.05) is 47.8 Å². The van der Waals surface area contributed by atoms with Crippen LogP contribution in [0.1, 0.15) is 11.1 Å². The zero-order valence-electron chi connectivity index (χ0n) is 19.9. The van der Waals surface area contributed by atoms with E-state index in [9.17, 15) is 0 Å². The number of thioether (sulfide) groups is 2. The van der Waals surface area contributed by atoms with E-state index in [0.29, 0.717) is 0 Å². The fourth-order valence-corrected chi connectivity index (χ4v) is 3.51. The van der Waals surface area contributed by atoms with Gasteiger partial charge in [0.25, 0.3) is 10.3 Å². The molecule has 1 aromatic carbocycles. The smallest absolute Gasteiger partial charge is 0.255 e. The van der Waals surface area contributed by atoms with Crippen molar-refractivity contribution in [2.45, 2.75) is 13.1 Å². The molecule has 0 saturated heterocycles. The Labute approximate surface area is 272 Å². The van der Waals surface area contributed by atoms with Crippen molar-refractivity contribution < 1.29 is 116 Å². The van der Waals surface area contributed by atoms with Gasteiger partial charge < -0.3 is 106 Å². The fourth-order valence-electron chi connectivity index (χ4n) is 2.56. The molecule has 1 aromatic rings. The second kappa shape index (κ2) is 26.1. The van der Waals surface area contributed by atoms with E-state index in [0.717, 1.165) is 49.6 Å². The zero-order valence-corrected chi connectivity index (χ0v) is 30.2. The minimum Gasteiger partial charge on any atom is -1.00 e. The van der Waals surface area contributed by atoms with E-state index in [1.54, 1.807) is 23.5 Å². The van der Waals surface area contributed by atoms with Gasteiger partial charge in [0, 0.05) is 0 Å². The first kappa shape index (κ1) is 41.2. The van der Waals surface area contributed by atoms with Gasteiger partial charge in [-0.2, -0.15) is 0 Å². The number of nitrogens with two attached hydrogens (primary N) is 2. The SMILES string of the molecule is CSC(=NCc1cccc(CN=C([NH2+]CC[NH+](C)C)SC)c1)[NH2+]CC[NH+](C)C.[I-].[I-].[I-].[I-]. The number of benzene rings is 1. The highest BCUT2D eigenvalue weighted by atomic mass is 127. The molecule has 0 atom stereocenters. The molecule has 190 valence electrons. The lowest BCUT2D eigenvalue weighted by Crippen LogP contribution is -3.09. The lowest BCUT2D eigenvalue weighted by atomic mass is 10.1. The highest BCUT2D eigenvalue weighted by Gasteiger charge is 2.06. The van der Waals surface area contributed by atoms with Gasteiger partial charge in [0.15, 0.2) is 0 Å². The van der Waals surface area contributed by atoms with Crippen molar-refractivity contribution in [2.24, 2.45) is 9.98 Å². The third-order valence-electron chi connectivity index (χ3n) is 4.17. The van der Waals surface area contributed by atoms with Crippen LogP contribution in [0.3, 0.4) is 0 Å². The van der Waals surface area contributed by atoms with Gasteiger partial charge in [-0.05, 0) is 23.6 Å². The Hall–Kier alpha value is 2.02. The van der Waals surface area contributed by atoms with Crippen LogP contribution in [0.5, 0.6) is 0 Å². The Morgan fingerprint density at radius 1 is 0.750 bits per heavy atom. The second-order valence-corrected chi connectivity index (χ2v) is 9.09. The summed E-state index contributed by atoms with van der Waals surface area (Å²) in [4.78, 5) is 12.5. The minimum absolute atomic E-state index is 0. The van der Waals surface area contributed by atoms with Gasteiger partial charge in [-0.25, -0.2) is 9.98 Å². The first-order valence-electron chi connectivity index (χ1n) is 9.93. The largest absolute Gasteiger partial charge is 1.00 e. The molecule has 6 N–H and O–H groups in total. The summed E-state index contributed by atoms with van der Waals surface area (Å²) < 4.78 is 0. The topological polar surface area (TPSA) is 66.8 Å². The molecule has 12 heteroatoms. The van der Waals surface area contributed by atoms with Crippen molar-refractivity contribution in [3.05, 3.63) is 35.4 Å². The highest BCUT2D eigenvalue weighted by molar-refractivity contribution is 8.12. The molecule has 6 nitrogen and oxygen atoms in total. The van der Waals surface area contributed by atoms with E-state index in [1.807, 2.05) is 0 Å². The van der Waals surface area contributed by atoms with Crippen molar-refractivity contribution >= 4 is 33.9 Å². The molecule has 0 fully saturated rings. The summed E-state index contributed by atoms with van der Waals surface area (Å²) in [6, 6.07) is 8.66. The van der Waals surface area contributed by atoms with E-state index in [1.165, 1.54) is 20.9 Å². The first-order valence-corrected chi connectivity index (χ1v) is 12.4. The molecule has 0 amide bonds. The van der Waals surface area contributed by atoms with Crippen LogP contribution in [0.25, 0.3) is 0 Å². The molecular formula is C20H40I4N6S2. The van der Waals surface area contributed by atoms with Crippen LogP contribution in [-0.2, 0) is 13.1 Å². The monoisotopic (exact) mass is 936 g/mol. The van der Waals surface area contributed by atoms with Crippen molar-refractivity contribution in [2.75, 3.05) is 66.9 Å². The van der Waals surface area contributed by atoms with Gasteiger partial charge in [0.05, 0.1) is 41.3 Å². The van der Waals surface area contributed by atoms with E-state index in [4.69, 9.17) is 9.98 Å². The third-order valence-corrected chi connectivity index (χ3v) is 5.60. The van der Waals surface area contributed by atoms with E-state index in [-0.39, 0.29) is 95.9 Å². The standard InChI is InChI=1S/C20H36N6S2.4HI/c1-25(2)12-10-21-19(27-5)23-15-17-8-7-9-18(14-17)16-24-20(28-6)22-11-13-26(3)4;;;;/h7-9,14H,10-13,15-16H2,1-6H3,(H,21,23)(H,22,24);4*1H. The molecular weight excluding hydrogens is 896 g/mol. The number of hydrogen-bond acceptors (Lipinski definition) is 4. The number of aliphatic imine (C=N–C) groups is 2. The average Bonchev–Trinajstić information content (AvgIpc) is 2.67. The summed E-state index contributed by atoms with van der Waals surface area (Å²) in [5.41, 5.74) is 2.49. The molecule has 0 saturated carbocycles. The maximum atomic E-state index is 4.79. The number of halogens is 4. The number of quaternary nitrogens is 4. The molecule has 0 aromatic heterocycles. The number of likely N-dealkylation sites (N-methyl/N-ethyl adjacent to an activating group) is 2. The molecule has 1 rings (SSSR count). The highest BCUT2D eigenvalue weighted by Crippen LogP contribution is 2.09. The normalized spacial score (nSPS) is 11.4. The van der Waals surface area contributed by atoms with Gasteiger partial charge in [0.2, 0.25) is 0 Å². The van der Waals surface area contributed by atoms with Gasteiger partial charge in [0.1, 0.15) is 26.2 Å². The summed E-state index contributed by atoms with van der Waals surface area (Å²) in [5.74, 6) is 0. The minimum atomic E-state index is 0. The van der Waals surface area contributed by atoms with Crippen molar-refractivity contribution in [3.8, 4) is 0 Å². The summed E-state index contributed by atoms with van der Waals surface area (Å²) in [5, 5.41) is 6.77. The average molecular weight is 936 g/mol. The Bertz CT molecular complexity index is 585. The number of nitrogens with zero attached hydrogens (tertiary/aromatic N) is 2. The number of nitrogens with one attached hydrogen (secondary N) is 2. The van der Waals surface area contributed by atoms with Crippen LogP contribution in [0.4, 0.5) is 0 Å². The van der Waals surface area contributed by atoms with Crippen LogP contribution in [0.15, 0.2) is 34.3 Å². The van der Waals surface area contributed by atoms with Crippen LogP contribution < -0.4 is 116 Å². The molecule has 0 unspecified atom stereocenters. The third kappa shape index (κ3) is 21.3. The van der Waals surface area contributed by atoms with Crippen LogP contribution >= 0.6 is 23.5 Å². The van der Waals surface area contributed by atoms with E-state index in [2.05, 4.69) is 75.6 Å². The molecule has 0 heterocycles. The van der Waals surface area contributed by atoms with Gasteiger partial charge >= 0.3 is 0 Å². The second-order valence-electron chi connectivity index (χ2n) is 7.44. The number of hydrogen-bond donors (Lipinski definition) is 4. The zero-order chi connectivity index (χ0) is 20.8. The molecule has 32 heavy (non-hydrogen) atoms. The summed E-state index contributed by atoms with van der Waals surface area (Å²) >= 11 is 3.45. The number of rotatable bonds is 10.